The van der Waals surface area contributed by atoms with Crippen LogP contribution in [0.3, 0.4) is 0 Å². The van der Waals surface area contributed by atoms with Gasteiger partial charge in [-0.1, -0.05) is 18.2 Å². The second-order valence-electron chi connectivity index (χ2n) is 5.97. The Balaban J connectivity index is 1.69. The second-order valence-corrected chi connectivity index (χ2v) is 7.59. The van der Waals surface area contributed by atoms with Crippen LogP contribution in [0.15, 0.2) is 47.5 Å². The van der Waals surface area contributed by atoms with Crippen molar-refractivity contribution in [1.29, 1.82) is 0 Å². The number of rotatable bonds is 7. The van der Waals surface area contributed by atoms with Gasteiger partial charge in [-0.3, -0.25) is 9.82 Å². The average Bonchev–Trinajstić information content (AvgIpc) is 3.00. The number of aromatic nitrogens is 3. The largest absolute Gasteiger partial charge is 0.496 e. The molecule has 8 nitrogen and oxygen atoms in total. The molecule has 9 heteroatoms. The highest BCUT2D eigenvalue weighted by Gasteiger charge is 2.22. The Morgan fingerprint density at radius 1 is 1.15 bits per heavy atom. The number of methoxy groups -OCH3 is 1. The van der Waals surface area contributed by atoms with Gasteiger partial charge in [0.2, 0.25) is 0 Å². The van der Waals surface area contributed by atoms with Crippen molar-refractivity contribution >= 4 is 21.5 Å². The summed E-state index contributed by atoms with van der Waals surface area (Å²) in [6.07, 6.45) is 1.47. The normalized spacial score (nSPS) is 11.2. The van der Waals surface area contributed by atoms with E-state index < -0.39 is 10.0 Å². The quantitative estimate of drug-likeness (QED) is 0.575. The van der Waals surface area contributed by atoms with Crippen LogP contribution in [-0.2, 0) is 16.6 Å². The number of aromatic amines is 1. The summed E-state index contributed by atoms with van der Waals surface area (Å²) in [6, 6.07) is 11.1. The Kier molecular flexibility index (Phi) is 5.31. The van der Waals surface area contributed by atoms with Crippen molar-refractivity contribution < 1.29 is 13.2 Å². The maximum Gasteiger partial charge on any atom is 0.265 e. The van der Waals surface area contributed by atoms with Crippen LogP contribution in [0.25, 0.3) is 0 Å². The molecule has 0 aliphatic carbocycles. The van der Waals surface area contributed by atoms with E-state index in [0.717, 1.165) is 11.3 Å². The number of anilines is 2. The lowest BCUT2D eigenvalue weighted by atomic mass is 10.2. The number of nitrogens with zero attached hydrogens (tertiary/aromatic N) is 2. The molecule has 142 valence electrons. The molecule has 0 aliphatic rings. The van der Waals surface area contributed by atoms with Gasteiger partial charge in [0.25, 0.3) is 10.0 Å². The monoisotopic (exact) mass is 387 g/mol. The van der Waals surface area contributed by atoms with Gasteiger partial charge in [-0.15, -0.1) is 0 Å². The van der Waals surface area contributed by atoms with Crippen molar-refractivity contribution in [3.8, 4) is 5.75 Å². The fraction of sp³-hybridized carbons (Fsp3) is 0.222. The third-order valence-electron chi connectivity index (χ3n) is 4.00. The van der Waals surface area contributed by atoms with Crippen LogP contribution in [0.4, 0.5) is 11.5 Å². The number of hydrogen-bond donors (Lipinski definition) is 3. The molecule has 3 rings (SSSR count). The van der Waals surface area contributed by atoms with Gasteiger partial charge >= 0.3 is 0 Å². The molecule has 0 fully saturated rings. The molecule has 0 bridgehead atoms. The lowest BCUT2D eigenvalue weighted by Crippen LogP contribution is -2.15. The molecule has 2 aromatic heterocycles. The third-order valence-corrected chi connectivity index (χ3v) is 5.64. The van der Waals surface area contributed by atoms with Crippen molar-refractivity contribution in [2.24, 2.45) is 0 Å². The van der Waals surface area contributed by atoms with E-state index in [9.17, 15) is 8.42 Å². The lowest BCUT2D eigenvalue weighted by molar-refractivity contribution is 0.410. The van der Waals surface area contributed by atoms with Crippen molar-refractivity contribution in [2.75, 3.05) is 17.1 Å². The maximum absolute atomic E-state index is 12.5. The SMILES string of the molecule is COc1ccccc1CNc1ccc(NS(=O)(=O)c2c(C)n[nH]c2C)cn1. The summed E-state index contributed by atoms with van der Waals surface area (Å²) in [7, 11) is -2.10. The highest BCUT2D eigenvalue weighted by Crippen LogP contribution is 2.22. The van der Waals surface area contributed by atoms with E-state index in [1.807, 2.05) is 24.3 Å². The Morgan fingerprint density at radius 3 is 2.56 bits per heavy atom. The summed E-state index contributed by atoms with van der Waals surface area (Å²) >= 11 is 0. The minimum Gasteiger partial charge on any atom is -0.496 e. The van der Waals surface area contributed by atoms with Crippen molar-refractivity contribution in [3.63, 3.8) is 0 Å². The van der Waals surface area contributed by atoms with Gasteiger partial charge < -0.3 is 10.1 Å². The highest BCUT2D eigenvalue weighted by molar-refractivity contribution is 7.92. The van der Waals surface area contributed by atoms with E-state index >= 15 is 0 Å². The van der Waals surface area contributed by atoms with Gasteiger partial charge in [0.15, 0.2) is 0 Å². The second kappa shape index (κ2) is 7.67. The molecule has 1 aromatic carbocycles. The summed E-state index contributed by atoms with van der Waals surface area (Å²) in [4.78, 5) is 4.41. The molecule has 2 heterocycles. The molecule has 0 aliphatic heterocycles. The number of ether oxygens (including phenoxy) is 1. The number of aryl methyl sites for hydroxylation is 2. The summed E-state index contributed by atoms with van der Waals surface area (Å²) in [5, 5.41) is 9.79. The maximum atomic E-state index is 12.5. The molecule has 0 radical (unpaired) electrons. The van der Waals surface area contributed by atoms with Crippen molar-refractivity contribution in [2.45, 2.75) is 25.3 Å². The zero-order chi connectivity index (χ0) is 19.4. The Morgan fingerprint density at radius 2 is 1.93 bits per heavy atom. The van der Waals surface area contributed by atoms with Crippen LogP contribution >= 0.6 is 0 Å². The Labute approximate surface area is 158 Å². The predicted octanol–water partition coefficient (Wildman–Crippen LogP) is 2.84. The standard InChI is InChI=1S/C18H21N5O3S/c1-12-18(13(2)22-21-12)27(24,25)23-15-8-9-17(20-11-15)19-10-14-6-4-5-7-16(14)26-3/h4-9,11,23H,10H2,1-3H3,(H,19,20)(H,21,22). The molecule has 27 heavy (non-hydrogen) atoms. The summed E-state index contributed by atoms with van der Waals surface area (Å²) < 4.78 is 32.9. The number of sulfonamides is 1. The summed E-state index contributed by atoms with van der Waals surface area (Å²) in [6.45, 7) is 3.84. The van der Waals surface area contributed by atoms with Crippen LogP contribution in [-0.4, -0.2) is 30.7 Å². The molecule has 0 saturated carbocycles. The van der Waals surface area contributed by atoms with E-state index in [-0.39, 0.29) is 4.90 Å². The molecular formula is C18H21N5O3S. The molecule has 0 saturated heterocycles. The van der Waals surface area contributed by atoms with Crippen molar-refractivity contribution in [1.82, 2.24) is 15.2 Å². The van der Waals surface area contributed by atoms with Crippen LogP contribution in [0.2, 0.25) is 0 Å². The van der Waals surface area contributed by atoms with Crippen LogP contribution in [0, 0.1) is 13.8 Å². The average molecular weight is 387 g/mol. The van der Waals surface area contributed by atoms with Crippen LogP contribution < -0.4 is 14.8 Å². The number of pyridine rings is 1. The van der Waals surface area contributed by atoms with E-state index in [2.05, 4.69) is 25.2 Å². The van der Waals surface area contributed by atoms with Gasteiger partial charge in [0.05, 0.1) is 30.4 Å². The van der Waals surface area contributed by atoms with Gasteiger partial charge in [0.1, 0.15) is 16.5 Å². The van der Waals surface area contributed by atoms with Crippen LogP contribution in [0.5, 0.6) is 5.75 Å². The van der Waals surface area contributed by atoms with E-state index in [1.54, 1.807) is 33.1 Å². The summed E-state index contributed by atoms with van der Waals surface area (Å²) in [5.74, 6) is 1.42. The number of H-pyrrole nitrogens is 1. The topological polar surface area (TPSA) is 109 Å². The zero-order valence-corrected chi connectivity index (χ0v) is 16.1. The fourth-order valence-electron chi connectivity index (χ4n) is 2.74. The lowest BCUT2D eigenvalue weighted by Gasteiger charge is -2.11. The first-order chi connectivity index (χ1) is 12.9. The van der Waals surface area contributed by atoms with Crippen LogP contribution in [0.1, 0.15) is 17.0 Å². The number of benzene rings is 1. The first-order valence-electron chi connectivity index (χ1n) is 8.27. The molecular weight excluding hydrogens is 366 g/mol. The van der Waals surface area contributed by atoms with E-state index in [1.165, 1.54) is 6.20 Å². The first-order valence-corrected chi connectivity index (χ1v) is 9.75. The van der Waals surface area contributed by atoms with Gasteiger partial charge in [-0.05, 0) is 32.0 Å². The Hall–Kier alpha value is -3.07. The van der Waals surface area contributed by atoms with Crippen molar-refractivity contribution in [3.05, 3.63) is 59.5 Å². The first kappa shape index (κ1) is 18.7. The summed E-state index contributed by atoms with van der Waals surface area (Å²) in [5.41, 5.74) is 2.28. The third kappa shape index (κ3) is 4.20. The molecule has 0 atom stereocenters. The number of para-hydroxylation sites is 1. The fourth-order valence-corrected chi connectivity index (χ4v) is 4.15. The molecule has 0 unspecified atom stereocenters. The van der Waals surface area contributed by atoms with E-state index in [4.69, 9.17) is 4.74 Å². The highest BCUT2D eigenvalue weighted by atomic mass is 32.2. The van der Waals surface area contributed by atoms with Gasteiger partial charge in [-0.2, -0.15) is 5.10 Å². The molecule has 0 amide bonds. The number of hydrogen-bond acceptors (Lipinski definition) is 6. The predicted molar refractivity (Wildman–Crippen MR) is 103 cm³/mol. The number of nitrogens with one attached hydrogen (secondary N) is 3. The van der Waals surface area contributed by atoms with Gasteiger partial charge in [0, 0.05) is 12.1 Å². The molecule has 3 N–H and O–H groups in total. The minimum absolute atomic E-state index is 0.154. The zero-order valence-electron chi connectivity index (χ0n) is 15.3. The molecule has 3 aromatic rings. The molecule has 0 spiro atoms. The smallest absolute Gasteiger partial charge is 0.265 e. The van der Waals surface area contributed by atoms with Gasteiger partial charge in [-0.25, -0.2) is 13.4 Å². The minimum atomic E-state index is -3.73. The van der Waals surface area contributed by atoms with E-state index in [0.29, 0.717) is 29.4 Å². The Bertz CT molecular complexity index is 1010.